The highest BCUT2D eigenvalue weighted by atomic mass is 16.4. The lowest BCUT2D eigenvalue weighted by atomic mass is 9.93. The fourth-order valence-corrected chi connectivity index (χ4v) is 2.73. The summed E-state index contributed by atoms with van der Waals surface area (Å²) in [7, 11) is 0. The number of aromatic nitrogens is 1. The van der Waals surface area contributed by atoms with E-state index in [4.69, 9.17) is 5.11 Å². The van der Waals surface area contributed by atoms with E-state index in [0.29, 0.717) is 5.92 Å². The highest BCUT2D eigenvalue weighted by molar-refractivity contribution is 5.94. The van der Waals surface area contributed by atoms with Gasteiger partial charge in [-0.1, -0.05) is 19.4 Å². The van der Waals surface area contributed by atoms with Gasteiger partial charge in [0.25, 0.3) is 5.91 Å². The molecule has 1 aromatic heterocycles. The third kappa shape index (κ3) is 3.35. The predicted molar refractivity (Wildman–Crippen MR) is 74.7 cm³/mol. The summed E-state index contributed by atoms with van der Waals surface area (Å²) < 4.78 is 0. The molecular formula is C15H20N2O3. The number of hydrogen-bond acceptors (Lipinski definition) is 3. The smallest absolute Gasteiger partial charge is 0.354 e. The van der Waals surface area contributed by atoms with Crippen molar-refractivity contribution in [2.75, 3.05) is 13.1 Å². The first-order valence-corrected chi connectivity index (χ1v) is 7.11. The number of amides is 1. The van der Waals surface area contributed by atoms with E-state index in [0.717, 1.165) is 32.4 Å². The van der Waals surface area contributed by atoms with E-state index < -0.39 is 5.97 Å². The summed E-state index contributed by atoms with van der Waals surface area (Å²) in [4.78, 5) is 29.0. The highest BCUT2D eigenvalue weighted by Crippen LogP contribution is 2.22. The minimum atomic E-state index is -1.11. The zero-order valence-corrected chi connectivity index (χ0v) is 11.7. The Kier molecular flexibility index (Phi) is 4.71. The summed E-state index contributed by atoms with van der Waals surface area (Å²) >= 11 is 0. The number of likely N-dealkylation sites (tertiary alicyclic amines) is 1. The molecule has 5 heteroatoms. The number of carbonyl (C=O) groups excluding carboxylic acids is 1. The maximum absolute atomic E-state index is 12.4. The second-order valence-corrected chi connectivity index (χ2v) is 5.26. The molecule has 2 heterocycles. The van der Waals surface area contributed by atoms with Crippen LogP contribution in [0.1, 0.15) is 53.6 Å². The summed E-state index contributed by atoms with van der Waals surface area (Å²) in [6.07, 6.45) is 4.43. The number of aromatic carboxylic acids is 1. The van der Waals surface area contributed by atoms with E-state index in [1.165, 1.54) is 12.5 Å². The van der Waals surface area contributed by atoms with E-state index in [2.05, 4.69) is 11.9 Å². The van der Waals surface area contributed by atoms with Crippen LogP contribution in [0.3, 0.4) is 0 Å². The molecule has 1 unspecified atom stereocenters. The van der Waals surface area contributed by atoms with E-state index >= 15 is 0 Å². The average molecular weight is 276 g/mol. The molecule has 5 nitrogen and oxygen atoms in total. The number of carbonyl (C=O) groups is 2. The molecule has 0 aliphatic carbocycles. The Morgan fingerprint density at radius 1 is 1.40 bits per heavy atom. The zero-order chi connectivity index (χ0) is 14.5. The number of carboxylic acid groups (broad SMARTS) is 1. The maximum atomic E-state index is 12.4. The van der Waals surface area contributed by atoms with Crippen LogP contribution in [0.25, 0.3) is 0 Å². The van der Waals surface area contributed by atoms with Gasteiger partial charge in [-0.2, -0.15) is 0 Å². The molecule has 2 rings (SSSR count). The van der Waals surface area contributed by atoms with Gasteiger partial charge in [0.05, 0.1) is 0 Å². The molecule has 1 fully saturated rings. The first-order chi connectivity index (χ1) is 9.61. The van der Waals surface area contributed by atoms with Crippen LogP contribution in [0, 0.1) is 5.92 Å². The minimum Gasteiger partial charge on any atom is -0.477 e. The molecule has 1 amide bonds. The first-order valence-electron chi connectivity index (χ1n) is 7.11. The fraction of sp³-hybridized carbons (Fsp3) is 0.533. The van der Waals surface area contributed by atoms with Crippen molar-refractivity contribution in [1.82, 2.24) is 9.88 Å². The average Bonchev–Trinajstić information content (AvgIpc) is 2.47. The lowest BCUT2D eigenvalue weighted by Gasteiger charge is -2.32. The molecule has 1 N–H and O–H groups in total. The van der Waals surface area contributed by atoms with Crippen molar-refractivity contribution in [3.05, 3.63) is 29.6 Å². The molecule has 20 heavy (non-hydrogen) atoms. The summed E-state index contributed by atoms with van der Waals surface area (Å²) in [5, 5.41) is 8.93. The Bertz CT molecular complexity index is 500. The van der Waals surface area contributed by atoms with Crippen LogP contribution in [0.4, 0.5) is 0 Å². The van der Waals surface area contributed by atoms with Crippen molar-refractivity contribution in [3.63, 3.8) is 0 Å². The van der Waals surface area contributed by atoms with Crippen LogP contribution in [0.15, 0.2) is 18.2 Å². The van der Waals surface area contributed by atoms with Gasteiger partial charge in [0, 0.05) is 13.1 Å². The second kappa shape index (κ2) is 6.50. The molecular weight excluding hydrogens is 256 g/mol. The number of piperidine rings is 1. The Morgan fingerprint density at radius 2 is 2.15 bits per heavy atom. The standard InChI is InChI=1S/C15H20N2O3/c1-2-5-11-6-4-9-17(10-11)14(18)12-7-3-8-13(16-12)15(19)20/h3,7-8,11H,2,4-6,9-10H2,1H3,(H,19,20). The molecule has 1 saturated heterocycles. The van der Waals surface area contributed by atoms with Crippen molar-refractivity contribution in [2.24, 2.45) is 5.92 Å². The lowest BCUT2D eigenvalue weighted by Crippen LogP contribution is -2.40. The molecule has 1 aliphatic heterocycles. The van der Waals surface area contributed by atoms with Gasteiger partial charge in [-0.25, -0.2) is 9.78 Å². The normalized spacial score (nSPS) is 18.9. The zero-order valence-electron chi connectivity index (χ0n) is 11.7. The van der Waals surface area contributed by atoms with Gasteiger partial charge in [0.2, 0.25) is 0 Å². The summed E-state index contributed by atoms with van der Waals surface area (Å²) in [6.45, 7) is 3.64. The molecule has 0 bridgehead atoms. The van der Waals surface area contributed by atoms with E-state index in [9.17, 15) is 9.59 Å². The van der Waals surface area contributed by atoms with E-state index in [-0.39, 0.29) is 17.3 Å². The van der Waals surface area contributed by atoms with Crippen LogP contribution >= 0.6 is 0 Å². The monoisotopic (exact) mass is 276 g/mol. The molecule has 1 aliphatic rings. The minimum absolute atomic E-state index is 0.0852. The number of carboxylic acids is 1. The predicted octanol–water partition coefficient (Wildman–Crippen LogP) is 2.43. The second-order valence-electron chi connectivity index (χ2n) is 5.26. The Labute approximate surface area is 118 Å². The highest BCUT2D eigenvalue weighted by Gasteiger charge is 2.25. The molecule has 1 atom stereocenters. The summed E-state index contributed by atoms with van der Waals surface area (Å²) in [6, 6.07) is 4.55. The van der Waals surface area contributed by atoms with Crippen LogP contribution in [-0.4, -0.2) is 40.0 Å². The van der Waals surface area contributed by atoms with E-state index in [1.807, 2.05) is 0 Å². The van der Waals surface area contributed by atoms with Crippen molar-refractivity contribution in [1.29, 1.82) is 0 Å². The van der Waals surface area contributed by atoms with Gasteiger partial charge in [0.15, 0.2) is 0 Å². The van der Waals surface area contributed by atoms with Gasteiger partial charge < -0.3 is 10.0 Å². The van der Waals surface area contributed by atoms with Crippen molar-refractivity contribution >= 4 is 11.9 Å². The molecule has 0 aromatic carbocycles. The third-order valence-corrected chi connectivity index (χ3v) is 3.69. The molecule has 1 aromatic rings. The van der Waals surface area contributed by atoms with Crippen LogP contribution < -0.4 is 0 Å². The maximum Gasteiger partial charge on any atom is 0.354 e. The lowest BCUT2D eigenvalue weighted by molar-refractivity contribution is 0.0660. The largest absolute Gasteiger partial charge is 0.477 e. The Morgan fingerprint density at radius 3 is 2.85 bits per heavy atom. The van der Waals surface area contributed by atoms with Gasteiger partial charge in [-0.3, -0.25) is 4.79 Å². The van der Waals surface area contributed by atoms with Gasteiger partial charge in [-0.15, -0.1) is 0 Å². The van der Waals surface area contributed by atoms with Gasteiger partial charge >= 0.3 is 5.97 Å². The van der Waals surface area contributed by atoms with Crippen LogP contribution in [0.5, 0.6) is 0 Å². The topological polar surface area (TPSA) is 70.5 Å². The van der Waals surface area contributed by atoms with Crippen molar-refractivity contribution in [2.45, 2.75) is 32.6 Å². The molecule has 108 valence electrons. The SMILES string of the molecule is CCCC1CCCN(C(=O)c2cccc(C(=O)O)n2)C1. The summed E-state index contributed by atoms with van der Waals surface area (Å²) in [5.74, 6) is -0.712. The number of nitrogens with zero attached hydrogens (tertiary/aromatic N) is 2. The number of pyridine rings is 1. The van der Waals surface area contributed by atoms with Gasteiger partial charge in [-0.05, 0) is 37.3 Å². The summed E-state index contributed by atoms with van der Waals surface area (Å²) in [5.41, 5.74) is 0.139. The van der Waals surface area contributed by atoms with Gasteiger partial charge in [0.1, 0.15) is 11.4 Å². The van der Waals surface area contributed by atoms with Crippen LogP contribution in [0.2, 0.25) is 0 Å². The van der Waals surface area contributed by atoms with Crippen molar-refractivity contribution in [3.8, 4) is 0 Å². The Balaban J connectivity index is 2.10. The van der Waals surface area contributed by atoms with Crippen molar-refractivity contribution < 1.29 is 14.7 Å². The molecule has 0 spiro atoms. The molecule has 0 saturated carbocycles. The fourth-order valence-electron chi connectivity index (χ4n) is 2.73. The third-order valence-electron chi connectivity index (χ3n) is 3.69. The quantitative estimate of drug-likeness (QED) is 0.917. The number of rotatable bonds is 4. The Hall–Kier alpha value is -1.91. The first kappa shape index (κ1) is 14.5. The number of hydrogen-bond donors (Lipinski definition) is 1. The van der Waals surface area contributed by atoms with Crippen LogP contribution in [-0.2, 0) is 0 Å². The molecule has 0 radical (unpaired) electrons. The van der Waals surface area contributed by atoms with E-state index in [1.54, 1.807) is 17.0 Å².